The summed E-state index contributed by atoms with van der Waals surface area (Å²) < 4.78 is 2.14. The van der Waals surface area contributed by atoms with E-state index in [9.17, 15) is 9.90 Å². The van der Waals surface area contributed by atoms with Gasteiger partial charge in [0, 0.05) is 28.6 Å². The number of aryl methyl sites for hydroxylation is 3. The molecule has 1 aromatic heterocycles. The number of rotatable bonds is 4. The van der Waals surface area contributed by atoms with Crippen LogP contribution in [0.2, 0.25) is 5.02 Å². The summed E-state index contributed by atoms with van der Waals surface area (Å²) in [5, 5.41) is 12.3. The highest BCUT2D eigenvalue weighted by molar-refractivity contribution is 6.31. The van der Waals surface area contributed by atoms with Crippen molar-refractivity contribution >= 4 is 28.5 Å². The lowest BCUT2D eigenvalue weighted by atomic mass is 10.1. The molecule has 0 saturated heterocycles. The predicted molar refractivity (Wildman–Crippen MR) is 70.7 cm³/mol. The minimum absolute atomic E-state index is 0.0890. The molecule has 2 aromatic rings. The average molecular weight is 265 g/mol. The standard InChI is InChI=1S/C14H16ClNO2/c1-9-6-12(15)8-11-7-10(2)16(14(9)11)5-3-4-13(17)18/h6-8H,3-5H2,1-2H3,(H,17,18)/p-1. The zero-order chi connectivity index (χ0) is 13.3. The van der Waals surface area contributed by atoms with Crippen LogP contribution in [0, 0.1) is 13.8 Å². The van der Waals surface area contributed by atoms with Crippen molar-refractivity contribution in [2.45, 2.75) is 33.2 Å². The van der Waals surface area contributed by atoms with Crippen molar-refractivity contribution in [3.8, 4) is 0 Å². The van der Waals surface area contributed by atoms with Crippen LogP contribution in [0.25, 0.3) is 10.9 Å². The maximum absolute atomic E-state index is 10.5. The Labute approximate surface area is 111 Å². The number of fused-ring (bicyclic) bond motifs is 1. The van der Waals surface area contributed by atoms with Gasteiger partial charge in [-0.05, 0) is 50.5 Å². The number of carbonyl (C=O) groups excluding carboxylic acids is 1. The van der Waals surface area contributed by atoms with Crippen LogP contribution in [-0.2, 0) is 11.3 Å². The quantitative estimate of drug-likeness (QED) is 0.851. The minimum atomic E-state index is -0.996. The number of aromatic nitrogens is 1. The van der Waals surface area contributed by atoms with Crippen LogP contribution in [0.5, 0.6) is 0 Å². The van der Waals surface area contributed by atoms with E-state index in [1.165, 1.54) is 0 Å². The lowest BCUT2D eigenvalue weighted by molar-refractivity contribution is -0.305. The van der Waals surface area contributed by atoms with Crippen molar-refractivity contribution in [3.05, 3.63) is 34.5 Å². The second-order valence-corrected chi connectivity index (χ2v) is 5.01. The highest BCUT2D eigenvalue weighted by Gasteiger charge is 2.09. The number of nitrogens with zero attached hydrogens (tertiary/aromatic N) is 1. The van der Waals surface area contributed by atoms with Crippen LogP contribution < -0.4 is 5.11 Å². The molecular weight excluding hydrogens is 250 g/mol. The Balaban J connectivity index is 2.37. The summed E-state index contributed by atoms with van der Waals surface area (Å²) in [5.74, 6) is -0.996. The zero-order valence-corrected chi connectivity index (χ0v) is 11.3. The first-order valence-electron chi connectivity index (χ1n) is 5.95. The highest BCUT2D eigenvalue weighted by Crippen LogP contribution is 2.27. The Hall–Kier alpha value is -1.48. The highest BCUT2D eigenvalue weighted by atomic mass is 35.5. The molecule has 0 bridgehead atoms. The zero-order valence-electron chi connectivity index (χ0n) is 10.5. The van der Waals surface area contributed by atoms with Gasteiger partial charge in [0.15, 0.2) is 0 Å². The monoisotopic (exact) mass is 264 g/mol. The van der Waals surface area contributed by atoms with Gasteiger partial charge in [0.05, 0.1) is 5.52 Å². The number of halogens is 1. The lowest BCUT2D eigenvalue weighted by Gasteiger charge is -2.10. The fourth-order valence-electron chi connectivity index (χ4n) is 2.39. The van der Waals surface area contributed by atoms with E-state index in [2.05, 4.69) is 10.6 Å². The SMILES string of the molecule is Cc1cc(Cl)cc2cc(C)n(CCCC(=O)[O-])c12. The Morgan fingerprint density at radius 3 is 2.72 bits per heavy atom. The molecule has 0 atom stereocenters. The Bertz CT molecular complexity index is 601. The molecule has 0 fully saturated rings. The third-order valence-corrected chi connectivity index (χ3v) is 3.34. The summed E-state index contributed by atoms with van der Waals surface area (Å²) in [6.07, 6.45) is 0.667. The van der Waals surface area contributed by atoms with E-state index in [0.717, 1.165) is 27.2 Å². The van der Waals surface area contributed by atoms with Gasteiger partial charge in [-0.3, -0.25) is 0 Å². The van der Waals surface area contributed by atoms with Crippen molar-refractivity contribution in [1.29, 1.82) is 0 Å². The first-order valence-corrected chi connectivity index (χ1v) is 6.32. The molecule has 0 aliphatic carbocycles. The molecule has 0 unspecified atom stereocenters. The Morgan fingerprint density at radius 2 is 2.06 bits per heavy atom. The van der Waals surface area contributed by atoms with E-state index in [4.69, 9.17) is 11.6 Å². The summed E-state index contributed by atoms with van der Waals surface area (Å²) in [6, 6.07) is 5.94. The maximum Gasteiger partial charge on any atom is 0.0513 e. The fraction of sp³-hybridized carbons (Fsp3) is 0.357. The second-order valence-electron chi connectivity index (χ2n) is 4.57. The fourth-order valence-corrected chi connectivity index (χ4v) is 2.67. The summed E-state index contributed by atoms with van der Waals surface area (Å²) in [5.41, 5.74) is 3.36. The number of hydrogen-bond donors (Lipinski definition) is 0. The van der Waals surface area contributed by atoms with Crippen LogP contribution in [0.1, 0.15) is 24.1 Å². The van der Waals surface area contributed by atoms with Crippen molar-refractivity contribution < 1.29 is 9.90 Å². The van der Waals surface area contributed by atoms with Gasteiger partial charge in [0.1, 0.15) is 0 Å². The van der Waals surface area contributed by atoms with Gasteiger partial charge in [-0.2, -0.15) is 0 Å². The molecule has 1 heterocycles. The molecule has 3 nitrogen and oxygen atoms in total. The van der Waals surface area contributed by atoms with E-state index in [1.54, 1.807) is 0 Å². The van der Waals surface area contributed by atoms with E-state index >= 15 is 0 Å². The van der Waals surface area contributed by atoms with E-state index in [-0.39, 0.29) is 6.42 Å². The van der Waals surface area contributed by atoms with Crippen molar-refractivity contribution in [3.63, 3.8) is 0 Å². The third kappa shape index (κ3) is 2.51. The summed E-state index contributed by atoms with van der Waals surface area (Å²) in [7, 11) is 0. The number of carboxylic acids is 1. The molecule has 0 N–H and O–H groups in total. The van der Waals surface area contributed by atoms with E-state index < -0.39 is 5.97 Å². The summed E-state index contributed by atoms with van der Waals surface area (Å²) in [4.78, 5) is 10.5. The van der Waals surface area contributed by atoms with Gasteiger partial charge in [-0.15, -0.1) is 0 Å². The second kappa shape index (κ2) is 5.02. The number of carboxylic acid groups (broad SMARTS) is 1. The van der Waals surface area contributed by atoms with Crippen LogP contribution >= 0.6 is 11.6 Å². The molecule has 0 aliphatic rings. The van der Waals surface area contributed by atoms with Crippen LogP contribution in [0.3, 0.4) is 0 Å². The van der Waals surface area contributed by atoms with Crippen molar-refractivity contribution in [2.75, 3.05) is 0 Å². The molecule has 0 aliphatic heterocycles. The summed E-state index contributed by atoms with van der Waals surface area (Å²) in [6.45, 7) is 4.72. The van der Waals surface area contributed by atoms with Gasteiger partial charge in [-0.25, -0.2) is 0 Å². The number of carbonyl (C=O) groups is 1. The summed E-state index contributed by atoms with van der Waals surface area (Å²) >= 11 is 6.04. The molecule has 0 spiro atoms. The lowest BCUT2D eigenvalue weighted by Crippen LogP contribution is -2.22. The smallest absolute Gasteiger partial charge is 0.0513 e. The van der Waals surface area contributed by atoms with Gasteiger partial charge in [0.25, 0.3) is 0 Å². The van der Waals surface area contributed by atoms with Crippen molar-refractivity contribution in [1.82, 2.24) is 4.57 Å². The Morgan fingerprint density at radius 1 is 1.33 bits per heavy atom. The Kier molecular flexibility index (Phi) is 3.62. The van der Waals surface area contributed by atoms with E-state index in [1.807, 2.05) is 26.0 Å². The average Bonchev–Trinajstić information content (AvgIpc) is 2.54. The van der Waals surface area contributed by atoms with Gasteiger partial charge in [-0.1, -0.05) is 11.6 Å². The maximum atomic E-state index is 10.5. The number of aliphatic carboxylic acids is 1. The van der Waals surface area contributed by atoms with Gasteiger partial charge >= 0.3 is 0 Å². The van der Waals surface area contributed by atoms with E-state index in [0.29, 0.717) is 13.0 Å². The molecule has 1 aromatic carbocycles. The normalized spacial score (nSPS) is 11.1. The molecule has 96 valence electrons. The van der Waals surface area contributed by atoms with Crippen molar-refractivity contribution in [2.24, 2.45) is 0 Å². The number of benzene rings is 1. The molecule has 0 radical (unpaired) electrons. The molecule has 2 rings (SSSR count). The van der Waals surface area contributed by atoms with Gasteiger partial charge in [0.2, 0.25) is 0 Å². The third-order valence-electron chi connectivity index (χ3n) is 3.12. The minimum Gasteiger partial charge on any atom is -0.550 e. The number of hydrogen-bond acceptors (Lipinski definition) is 2. The molecule has 0 saturated carbocycles. The molecule has 0 amide bonds. The molecule has 4 heteroatoms. The first kappa shape index (κ1) is 13.0. The van der Waals surface area contributed by atoms with Crippen LogP contribution in [0.15, 0.2) is 18.2 Å². The topological polar surface area (TPSA) is 45.1 Å². The first-order chi connectivity index (χ1) is 8.49. The molecule has 18 heavy (non-hydrogen) atoms. The molecular formula is C14H15ClNO2-. The largest absolute Gasteiger partial charge is 0.550 e. The van der Waals surface area contributed by atoms with Crippen LogP contribution in [-0.4, -0.2) is 10.5 Å². The van der Waals surface area contributed by atoms with Crippen LogP contribution in [0.4, 0.5) is 0 Å². The van der Waals surface area contributed by atoms with Gasteiger partial charge < -0.3 is 14.5 Å². The predicted octanol–water partition coefficient (Wildman–Crippen LogP) is 2.44.